The normalized spacial score (nSPS) is 12.0. The van der Waals surface area contributed by atoms with Crippen LogP contribution in [0, 0.1) is 5.92 Å². The van der Waals surface area contributed by atoms with E-state index in [0.29, 0.717) is 6.42 Å². The summed E-state index contributed by atoms with van der Waals surface area (Å²) in [5.74, 6) is -0.491. The summed E-state index contributed by atoms with van der Waals surface area (Å²) in [5.41, 5.74) is 5.65. The number of rotatable bonds is 5. The van der Waals surface area contributed by atoms with Crippen molar-refractivity contribution >= 4 is 17.4 Å². The molecule has 7 nitrogen and oxygen atoms in total. The molecule has 1 aromatic heterocycles. The summed E-state index contributed by atoms with van der Waals surface area (Å²) >= 11 is 0. The number of nitrogens with zero attached hydrogens (tertiary/aromatic N) is 2. The highest BCUT2D eigenvalue weighted by Crippen LogP contribution is 2.19. The second-order valence-corrected chi connectivity index (χ2v) is 5.77. The van der Waals surface area contributed by atoms with E-state index in [2.05, 4.69) is 4.98 Å². The van der Waals surface area contributed by atoms with Gasteiger partial charge >= 0.3 is 5.69 Å². The average molecular weight is 330 g/mol. The zero-order valence-electron chi connectivity index (χ0n) is 14.1. The topological polar surface area (TPSA) is 101 Å². The van der Waals surface area contributed by atoms with Gasteiger partial charge in [0.1, 0.15) is 5.82 Å². The molecule has 0 saturated heterocycles. The number of anilines is 2. The first kappa shape index (κ1) is 17.5. The number of aromatic amines is 1. The summed E-state index contributed by atoms with van der Waals surface area (Å²) in [6.45, 7) is 3.88. The molecule has 7 heteroatoms. The Morgan fingerprint density at radius 1 is 1.29 bits per heavy atom. The fourth-order valence-electron chi connectivity index (χ4n) is 2.44. The molecule has 1 aromatic carbocycles. The molecule has 24 heavy (non-hydrogen) atoms. The molecule has 1 amide bonds. The SMILES string of the molecule is CCC(C)C(=O)N(C)c1c(N)n(Cc2ccccc2)c(=O)[nH]c1=O. The summed E-state index contributed by atoms with van der Waals surface area (Å²) in [6.07, 6.45) is 0.643. The number of carbonyl (C=O) groups is 1. The van der Waals surface area contributed by atoms with E-state index in [9.17, 15) is 14.4 Å². The van der Waals surface area contributed by atoms with Crippen LogP contribution in [0.3, 0.4) is 0 Å². The minimum absolute atomic E-state index is 0.00386. The van der Waals surface area contributed by atoms with E-state index in [1.54, 1.807) is 6.92 Å². The van der Waals surface area contributed by atoms with Gasteiger partial charge in [-0.25, -0.2) is 4.79 Å². The molecule has 1 unspecified atom stereocenters. The first-order valence-corrected chi connectivity index (χ1v) is 7.80. The number of carbonyl (C=O) groups excluding carboxylic acids is 1. The van der Waals surface area contributed by atoms with Gasteiger partial charge in [-0.05, 0) is 12.0 Å². The molecular formula is C17H22N4O3. The van der Waals surface area contributed by atoms with Crippen molar-refractivity contribution in [3.05, 3.63) is 56.7 Å². The number of benzene rings is 1. The van der Waals surface area contributed by atoms with Crippen LogP contribution in [0.15, 0.2) is 39.9 Å². The number of amides is 1. The molecule has 0 aliphatic rings. The molecule has 1 atom stereocenters. The van der Waals surface area contributed by atoms with Crippen LogP contribution in [0.25, 0.3) is 0 Å². The van der Waals surface area contributed by atoms with E-state index in [1.165, 1.54) is 16.5 Å². The Kier molecular flexibility index (Phi) is 5.23. The lowest BCUT2D eigenvalue weighted by atomic mass is 10.1. The fraction of sp³-hybridized carbons (Fsp3) is 0.353. The summed E-state index contributed by atoms with van der Waals surface area (Å²) in [6, 6.07) is 9.27. The zero-order valence-corrected chi connectivity index (χ0v) is 14.1. The van der Waals surface area contributed by atoms with Gasteiger partial charge in [0.25, 0.3) is 5.56 Å². The van der Waals surface area contributed by atoms with Crippen molar-refractivity contribution in [2.24, 2.45) is 5.92 Å². The highest BCUT2D eigenvalue weighted by atomic mass is 16.2. The highest BCUT2D eigenvalue weighted by Gasteiger charge is 2.23. The molecular weight excluding hydrogens is 308 g/mol. The molecule has 2 rings (SSSR count). The summed E-state index contributed by atoms with van der Waals surface area (Å²) < 4.78 is 1.26. The molecule has 0 radical (unpaired) electrons. The van der Waals surface area contributed by atoms with Crippen LogP contribution in [0.2, 0.25) is 0 Å². The van der Waals surface area contributed by atoms with E-state index in [0.717, 1.165) is 5.56 Å². The number of nitrogen functional groups attached to an aromatic ring is 1. The first-order valence-electron chi connectivity index (χ1n) is 7.80. The molecule has 2 aromatic rings. The van der Waals surface area contributed by atoms with Crippen molar-refractivity contribution in [3.63, 3.8) is 0 Å². The maximum absolute atomic E-state index is 12.4. The van der Waals surface area contributed by atoms with Crippen molar-refractivity contribution in [2.75, 3.05) is 17.7 Å². The van der Waals surface area contributed by atoms with Crippen molar-refractivity contribution in [1.29, 1.82) is 0 Å². The van der Waals surface area contributed by atoms with E-state index in [1.807, 2.05) is 37.3 Å². The number of hydrogen-bond donors (Lipinski definition) is 2. The van der Waals surface area contributed by atoms with E-state index in [-0.39, 0.29) is 29.9 Å². The molecule has 128 valence electrons. The van der Waals surface area contributed by atoms with Gasteiger partial charge in [-0.1, -0.05) is 44.2 Å². The van der Waals surface area contributed by atoms with Crippen LogP contribution in [0.1, 0.15) is 25.8 Å². The van der Waals surface area contributed by atoms with Gasteiger partial charge in [-0.3, -0.25) is 19.1 Å². The third kappa shape index (κ3) is 3.40. The summed E-state index contributed by atoms with van der Waals surface area (Å²) in [7, 11) is 1.49. The molecule has 0 aliphatic heterocycles. The van der Waals surface area contributed by atoms with Gasteiger partial charge < -0.3 is 10.6 Å². The van der Waals surface area contributed by atoms with Crippen LogP contribution in [0.4, 0.5) is 11.5 Å². The predicted molar refractivity (Wildman–Crippen MR) is 94.1 cm³/mol. The lowest BCUT2D eigenvalue weighted by molar-refractivity contribution is -0.121. The van der Waals surface area contributed by atoms with Crippen LogP contribution in [0.5, 0.6) is 0 Å². The summed E-state index contributed by atoms with van der Waals surface area (Å²) in [5, 5.41) is 0. The van der Waals surface area contributed by atoms with Crippen LogP contribution in [-0.4, -0.2) is 22.5 Å². The Hall–Kier alpha value is -2.83. The van der Waals surface area contributed by atoms with Gasteiger partial charge in [0.2, 0.25) is 5.91 Å². The van der Waals surface area contributed by atoms with Gasteiger partial charge in [0, 0.05) is 13.0 Å². The van der Waals surface area contributed by atoms with Crippen molar-refractivity contribution < 1.29 is 4.79 Å². The Morgan fingerprint density at radius 2 is 1.92 bits per heavy atom. The van der Waals surface area contributed by atoms with E-state index in [4.69, 9.17) is 5.73 Å². The lowest BCUT2D eigenvalue weighted by Crippen LogP contribution is -2.41. The average Bonchev–Trinajstić information content (AvgIpc) is 2.57. The first-order chi connectivity index (χ1) is 11.4. The van der Waals surface area contributed by atoms with Crippen LogP contribution in [-0.2, 0) is 11.3 Å². The maximum atomic E-state index is 12.4. The molecule has 0 aliphatic carbocycles. The van der Waals surface area contributed by atoms with Crippen LogP contribution >= 0.6 is 0 Å². The standard InChI is InChI=1S/C17H22N4O3/c1-4-11(2)16(23)20(3)13-14(18)21(17(24)19-15(13)22)10-12-8-6-5-7-9-12/h5-9,11H,4,10,18H2,1-3H3,(H,19,22,24). The predicted octanol–water partition coefficient (Wildman–Crippen LogP) is 1.18. The molecule has 0 fully saturated rings. The van der Waals surface area contributed by atoms with Gasteiger partial charge in [-0.15, -0.1) is 0 Å². The van der Waals surface area contributed by atoms with Gasteiger partial charge in [0.15, 0.2) is 5.69 Å². The molecule has 1 heterocycles. The van der Waals surface area contributed by atoms with Crippen molar-refractivity contribution in [3.8, 4) is 0 Å². The van der Waals surface area contributed by atoms with Gasteiger partial charge in [0.05, 0.1) is 6.54 Å². The monoisotopic (exact) mass is 330 g/mol. The fourth-order valence-corrected chi connectivity index (χ4v) is 2.44. The molecule has 0 bridgehead atoms. The number of aromatic nitrogens is 2. The highest BCUT2D eigenvalue weighted by molar-refractivity contribution is 5.96. The van der Waals surface area contributed by atoms with E-state index >= 15 is 0 Å². The third-order valence-electron chi connectivity index (χ3n) is 4.10. The maximum Gasteiger partial charge on any atom is 0.330 e. The smallest absolute Gasteiger partial charge is 0.330 e. The zero-order chi connectivity index (χ0) is 17.9. The minimum Gasteiger partial charge on any atom is -0.383 e. The quantitative estimate of drug-likeness (QED) is 0.859. The Labute approximate surface area is 139 Å². The third-order valence-corrected chi connectivity index (χ3v) is 4.10. The number of nitrogens with one attached hydrogen (secondary N) is 1. The Bertz CT molecular complexity index is 839. The minimum atomic E-state index is -0.666. The van der Waals surface area contributed by atoms with Crippen molar-refractivity contribution in [1.82, 2.24) is 9.55 Å². The van der Waals surface area contributed by atoms with Gasteiger partial charge in [-0.2, -0.15) is 0 Å². The molecule has 3 N–H and O–H groups in total. The largest absolute Gasteiger partial charge is 0.383 e. The molecule has 0 spiro atoms. The second-order valence-electron chi connectivity index (χ2n) is 5.77. The summed E-state index contributed by atoms with van der Waals surface area (Å²) in [4.78, 5) is 40.1. The molecule has 0 saturated carbocycles. The number of hydrogen-bond acceptors (Lipinski definition) is 4. The second kappa shape index (κ2) is 7.16. The number of H-pyrrole nitrogens is 1. The van der Waals surface area contributed by atoms with E-state index < -0.39 is 11.2 Å². The Morgan fingerprint density at radius 3 is 2.50 bits per heavy atom. The lowest BCUT2D eigenvalue weighted by Gasteiger charge is -2.22. The van der Waals surface area contributed by atoms with Crippen molar-refractivity contribution in [2.45, 2.75) is 26.8 Å². The van der Waals surface area contributed by atoms with Crippen LogP contribution < -0.4 is 21.9 Å². The number of nitrogens with two attached hydrogens (primary N) is 1. The Balaban J connectivity index is 2.50.